The summed E-state index contributed by atoms with van der Waals surface area (Å²) in [7, 11) is 0. The number of benzene rings is 2. The normalized spacial score (nSPS) is 11.6. The fraction of sp³-hybridized carbons (Fsp3) is 0.125. The monoisotopic (exact) mass is 351 g/mol. The highest BCUT2D eigenvalue weighted by Gasteiger charge is 2.14. The van der Waals surface area contributed by atoms with Gasteiger partial charge in [0.25, 0.3) is 5.91 Å². The minimum atomic E-state index is -0.630. The smallest absolute Gasteiger partial charge is 0.316 e. The van der Waals surface area contributed by atoms with Crippen LogP contribution >= 0.6 is 23.2 Å². The van der Waals surface area contributed by atoms with Crippen LogP contribution in [0.1, 0.15) is 28.9 Å². The third kappa shape index (κ3) is 4.61. The second-order valence-corrected chi connectivity index (χ2v) is 5.77. The van der Waals surface area contributed by atoms with Gasteiger partial charge in [0.1, 0.15) is 0 Å². The van der Waals surface area contributed by atoms with Crippen LogP contribution in [0.5, 0.6) is 0 Å². The second-order valence-electron chi connectivity index (χ2n) is 4.93. The summed E-state index contributed by atoms with van der Waals surface area (Å²) < 4.78 is 0. The maximum atomic E-state index is 12.3. The van der Waals surface area contributed by atoms with E-state index >= 15 is 0 Å². The van der Waals surface area contributed by atoms with Crippen molar-refractivity contribution in [3.8, 4) is 0 Å². The molecule has 23 heavy (non-hydrogen) atoms. The van der Waals surface area contributed by atoms with Gasteiger partial charge < -0.3 is 16.4 Å². The van der Waals surface area contributed by atoms with E-state index in [-0.39, 0.29) is 11.9 Å². The summed E-state index contributed by atoms with van der Waals surface area (Å²) >= 11 is 11.9. The van der Waals surface area contributed by atoms with Crippen molar-refractivity contribution in [3.63, 3.8) is 0 Å². The van der Waals surface area contributed by atoms with Crippen molar-refractivity contribution in [1.82, 2.24) is 5.32 Å². The topological polar surface area (TPSA) is 84.2 Å². The highest BCUT2D eigenvalue weighted by molar-refractivity contribution is 6.35. The number of urea groups is 1. The lowest BCUT2D eigenvalue weighted by Crippen LogP contribution is -2.27. The molecular weight excluding hydrogens is 337 g/mol. The van der Waals surface area contributed by atoms with Crippen LogP contribution in [0.25, 0.3) is 0 Å². The molecule has 2 rings (SSSR count). The van der Waals surface area contributed by atoms with Gasteiger partial charge in [0.15, 0.2) is 0 Å². The molecule has 0 aliphatic carbocycles. The SMILES string of the molecule is C[C@H](NC(=O)c1cc(Cl)ccc1Cl)c1ccc(NC(N)=O)cc1. The minimum Gasteiger partial charge on any atom is -0.351 e. The first-order chi connectivity index (χ1) is 10.9. The van der Waals surface area contributed by atoms with Gasteiger partial charge in [-0.1, -0.05) is 35.3 Å². The summed E-state index contributed by atoms with van der Waals surface area (Å²) in [6.07, 6.45) is 0. The molecule has 1 atom stereocenters. The fourth-order valence-electron chi connectivity index (χ4n) is 2.03. The van der Waals surface area contributed by atoms with E-state index in [1.807, 2.05) is 6.92 Å². The largest absolute Gasteiger partial charge is 0.351 e. The van der Waals surface area contributed by atoms with E-state index in [1.54, 1.807) is 36.4 Å². The van der Waals surface area contributed by atoms with E-state index in [2.05, 4.69) is 10.6 Å². The molecule has 0 spiro atoms. The standard InChI is InChI=1S/C16H15Cl2N3O2/c1-9(10-2-5-12(6-3-10)21-16(19)23)20-15(22)13-8-11(17)4-7-14(13)18/h2-9H,1H3,(H,20,22)(H3,19,21,23)/t9-/m0/s1. The Bertz CT molecular complexity index is 733. The molecule has 4 N–H and O–H groups in total. The third-order valence-electron chi connectivity index (χ3n) is 3.20. The zero-order valence-electron chi connectivity index (χ0n) is 12.3. The summed E-state index contributed by atoms with van der Waals surface area (Å²) in [6, 6.07) is 10.8. The summed E-state index contributed by atoms with van der Waals surface area (Å²) in [6.45, 7) is 1.84. The van der Waals surface area contributed by atoms with Crippen LogP contribution in [-0.4, -0.2) is 11.9 Å². The van der Waals surface area contributed by atoms with Gasteiger partial charge in [-0.2, -0.15) is 0 Å². The summed E-state index contributed by atoms with van der Waals surface area (Å²) in [5.74, 6) is -0.315. The number of primary amides is 1. The molecule has 0 fully saturated rings. The molecule has 0 saturated heterocycles. The summed E-state index contributed by atoms with van der Waals surface area (Å²) in [5.41, 5.74) is 6.81. The van der Waals surface area contributed by atoms with Crippen molar-refractivity contribution < 1.29 is 9.59 Å². The average molecular weight is 352 g/mol. The van der Waals surface area contributed by atoms with Gasteiger partial charge in [-0.15, -0.1) is 0 Å². The zero-order valence-corrected chi connectivity index (χ0v) is 13.8. The molecule has 7 heteroatoms. The first kappa shape index (κ1) is 17.1. The summed E-state index contributed by atoms with van der Waals surface area (Å²) in [5, 5.41) is 6.09. The number of carbonyl (C=O) groups excluding carboxylic acids is 2. The Balaban J connectivity index is 2.09. The molecule has 0 aliphatic rings. The predicted octanol–water partition coefficient (Wildman–Crippen LogP) is 3.98. The molecule has 0 unspecified atom stereocenters. The number of amides is 3. The van der Waals surface area contributed by atoms with Crippen LogP contribution in [0.3, 0.4) is 0 Å². The Kier molecular flexibility index (Phi) is 5.47. The van der Waals surface area contributed by atoms with Gasteiger partial charge in [-0.05, 0) is 42.8 Å². The van der Waals surface area contributed by atoms with E-state index in [1.165, 1.54) is 6.07 Å². The van der Waals surface area contributed by atoms with Crippen LogP contribution in [0, 0.1) is 0 Å². The highest BCUT2D eigenvalue weighted by atomic mass is 35.5. The van der Waals surface area contributed by atoms with Crippen LogP contribution in [-0.2, 0) is 0 Å². The molecule has 0 aliphatic heterocycles. The Morgan fingerprint density at radius 2 is 1.74 bits per heavy atom. The first-order valence-corrected chi connectivity index (χ1v) is 7.54. The van der Waals surface area contributed by atoms with E-state index in [0.717, 1.165) is 5.56 Å². The van der Waals surface area contributed by atoms with Crippen molar-refractivity contribution in [2.75, 3.05) is 5.32 Å². The predicted molar refractivity (Wildman–Crippen MR) is 92.0 cm³/mol. The van der Waals surface area contributed by atoms with Crippen LogP contribution in [0.4, 0.5) is 10.5 Å². The van der Waals surface area contributed by atoms with Gasteiger partial charge in [-0.3, -0.25) is 4.79 Å². The number of halogens is 2. The number of anilines is 1. The van der Waals surface area contributed by atoms with Crippen molar-refractivity contribution in [2.24, 2.45) is 5.73 Å². The fourth-order valence-corrected chi connectivity index (χ4v) is 2.40. The quantitative estimate of drug-likeness (QED) is 0.778. The molecule has 3 amide bonds. The second kappa shape index (κ2) is 7.35. The van der Waals surface area contributed by atoms with Gasteiger partial charge in [0, 0.05) is 10.7 Å². The molecule has 0 saturated carbocycles. The maximum Gasteiger partial charge on any atom is 0.316 e. The molecule has 2 aromatic carbocycles. The van der Waals surface area contributed by atoms with Crippen molar-refractivity contribution in [2.45, 2.75) is 13.0 Å². The first-order valence-electron chi connectivity index (χ1n) is 6.79. The van der Waals surface area contributed by atoms with E-state index in [0.29, 0.717) is 21.3 Å². The van der Waals surface area contributed by atoms with Gasteiger partial charge in [0.2, 0.25) is 0 Å². The lowest BCUT2D eigenvalue weighted by Gasteiger charge is -2.15. The number of rotatable bonds is 4. The Hall–Kier alpha value is -2.24. The third-order valence-corrected chi connectivity index (χ3v) is 3.76. The molecule has 0 radical (unpaired) electrons. The molecule has 120 valence electrons. The van der Waals surface area contributed by atoms with Gasteiger partial charge >= 0.3 is 6.03 Å². The van der Waals surface area contributed by atoms with Crippen molar-refractivity contribution >= 4 is 40.8 Å². The molecule has 2 aromatic rings. The number of hydrogen-bond donors (Lipinski definition) is 3. The van der Waals surface area contributed by atoms with E-state index < -0.39 is 6.03 Å². The molecule has 5 nitrogen and oxygen atoms in total. The van der Waals surface area contributed by atoms with E-state index in [4.69, 9.17) is 28.9 Å². The Labute approximate surface area is 143 Å². The number of carbonyl (C=O) groups is 2. The van der Waals surface area contributed by atoms with E-state index in [9.17, 15) is 9.59 Å². The molecule has 0 bridgehead atoms. The maximum absolute atomic E-state index is 12.3. The van der Waals surface area contributed by atoms with Gasteiger partial charge in [-0.25, -0.2) is 4.79 Å². The van der Waals surface area contributed by atoms with Crippen molar-refractivity contribution in [3.05, 3.63) is 63.6 Å². The molecule has 0 heterocycles. The van der Waals surface area contributed by atoms with Crippen LogP contribution in [0.15, 0.2) is 42.5 Å². The molecule has 0 aromatic heterocycles. The Morgan fingerprint density at radius 1 is 1.09 bits per heavy atom. The average Bonchev–Trinajstić information content (AvgIpc) is 2.49. The highest BCUT2D eigenvalue weighted by Crippen LogP contribution is 2.22. The lowest BCUT2D eigenvalue weighted by atomic mass is 10.1. The number of hydrogen-bond acceptors (Lipinski definition) is 2. The van der Waals surface area contributed by atoms with Crippen LogP contribution in [0.2, 0.25) is 10.0 Å². The van der Waals surface area contributed by atoms with Crippen molar-refractivity contribution in [1.29, 1.82) is 0 Å². The molecular formula is C16H15Cl2N3O2. The number of nitrogens with one attached hydrogen (secondary N) is 2. The summed E-state index contributed by atoms with van der Waals surface area (Å²) in [4.78, 5) is 23.1. The minimum absolute atomic E-state index is 0.250. The number of nitrogens with two attached hydrogens (primary N) is 1. The lowest BCUT2D eigenvalue weighted by molar-refractivity contribution is 0.0940. The Morgan fingerprint density at radius 3 is 2.35 bits per heavy atom. The zero-order chi connectivity index (χ0) is 17.0. The van der Waals surface area contributed by atoms with Gasteiger partial charge in [0.05, 0.1) is 16.6 Å². The van der Waals surface area contributed by atoms with Crippen LogP contribution < -0.4 is 16.4 Å².